The van der Waals surface area contributed by atoms with E-state index >= 15 is 0 Å². The van der Waals surface area contributed by atoms with Crippen molar-refractivity contribution in [2.45, 2.75) is 49.8 Å². The van der Waals surface area contributed by atoms with Crippen LogP contribution in [0.3, 0.4) is 0 Å². The highest BCUT2D eigenvalue weighted by Crippen LogP contribution is 2.43. The minimum Gasteiger partial charge on any atom is -0.382 e. The van der Waals surface area contributed by atoms with Crippen molar-refractivity contribution in [1.82, 2.24) is 0 Å². The van der Waals surface area contributed by atoms with Gasteiger partial charge >= 0.3 is 0 Å². The van der Waals surface area contributed by atoms with Crippen LogP contribution >= 0.6 is 0 Å². The summed E-state index contributed by atoms with van der Waals surface area (Å²) in [5, 5.41) is 0. The Hall–Kier alpha value is -2.58. The molecule has 0 amide bonds. The first-order valence-electron chi connectivity index (χ1n) is 12.5. The summed E-state index contributed by atoms with van der Waals surface area (Å²) in [4.78, 5) is 0. The molecule has 5 rings (SSSR count). The van der Waals surface area contributed by atoms with Crippen LogP contribution in [0.15, 0.2) is 91.0 Å². The Kier molecular flexibility index (Phi) is 7.53. The molecule has 2 heterocycles. The van der Waals surface area contributed by atoms with Gasteiger partial charge in [0.05, 0.1) is 19.8 Å². The van der Waals surface area contributed by atoms with Gasteiger partial charge in [0.15, 0.2) is 12.1 Å². The maximum atomic E-state index is 6.98. The average Bonchev–Trinajstić information content (AvgIpc) is 3.38. The molecule has 2 saturated heterocycles. The molecule has 6 heteroatoms. The summed E-state index contributed by atoms with van der Waals surface area (Å²) in [5.74, 6) is -0.730. The summed E-state index contributed by atoms with van der Waals surface area (Å²) >= 11 is 0. The second-order valence-electron chi connectivity index (χ2n) is 9.56. The van der Waals surface area contributed by atoms with Crippen LogP contribution in [0.5, 0.6) is 0 Å². The summed E-state index contributed by atoms with van der Waals surface area (Å²) in [7, 11) is 1.66. The number of benzene rings is 3. The largest absolute Gasteiger partial charge is 0.382 e. The second kappa shape index (κ2) is 10.8. The molecule has 0 spiro atoms. The van der Waals surface area contributed by atoms with Crippen molar-refractivity contribution in [3.05, 3.63) is 108 Å². The van der Waals surface area contributed by atoms with E-state index in [4.69, 9.17) is 28.4 Å². The fraction of sp³-hybridized carbons (Fsp3) is 0.400. The predicted molar refractivity (Wildman–Crippen MR) is 135 cm³/mol. The first-order valence-corrected chi connectivity index (χ1v) is 12.5. The molecule has 0 saturated carbocycles. The molecule has 190 valence electrons. The first-order chi connectivity index (χ1) is 17.5. The molecule has 6 nitrogen and oxygen atoms in total. The normalized spacial score (nSPS) is 25.1. The van der Waals surface area contributed by atoms with Crippen molar-refractivity contribution in [3.63, 3.8) is 0 Å². The summed E-state index contributed by atoms with van der Waals surface area (Å²) in [5.41, 5.74) is 2.26. The van der Waals surface area contributed by atoms with E-state index in [2.05, 4.69) is 36.4 Å². The van der Waals surface area contributed by atoms with Gasteiger partial charge in [-0.05, 0) is 30.5 Å². The SMILES string of the molecule is COCCO[C@H]1[C@@H](COC(c2ccccc2)(c2ccccc2)c2ccccc2)OC2OC(C)(C)O[C@@H]21. The van der Waals surface area contributed by atoms with Crippen molar-refractivity contribution in [2.75, 3.05) is 26.9 Å². The highest BCUT2D eigenvalue weighted by Gasteiger charge is 2.56. The van der Waals surface area contributed by atoms with E-state index < -0.39 is 17.7 Å². The second-order valence-corrected chi connectivity index (χ2v) is 9.56. The molecule has 2 aliphatic rings. The van der Waals surface area contributed by atoms with Gasteiger partial charge in [-0.3, -0.25) is 0 Å². The standard InChI is InChI=1S/C30H34O6/c1-29(2)35-27-26(32-20-19-31-3)25(34-28(27)36-29)21-33-30(22-13-7-4-8-14-22,23-15-9-5-10-16-23)24-17-11-6-12-18-24/h4-18,25-28H,19-21H2,1-3H3/t25-,26+,27-,28?/m1/s1. The minimum atomic E-state index is -0.844. The topological polar surface area (TPSA) is 55.4 Å². The lowest BCUT2D eigenvalue weighted by atomic mass is 9.80. The molecule has 0 aromatic heterocycles. The Morgan fingerprint density at radius 2 is 1.28 bits per heavy atom. The summed E-state index contributed by atoms with van der Waals surface area (Å²) < 4.78 is 36.9. The van der Waals surface area contributed by atoms with Crippen LogP contribution in [0.1, 0.15) is 30.5 Å². The fourth-order valence-corrected chi connectivity index (χ4v) is 5.13. The van der Waals surface area contributed by atoms with Crippen molar-refractivity contribution in [2.24, 2.45) is 0 Å². The van der Waals surface area contributed by atoms with Crippen LogP contribution in [0, 0.1) is 0 Å². The molecular formula is C30H34O6. The highest BCUT2D eigenvalue weighted by molar-refractivity contribution is 5.47. The van der Waals surface area contributed by atoms with Crippen LogP contribution < -0.4 is 0 Å². The first kappa shape index (κ1) is 25.1. The summed E-state index contributed by atoms with van der Waals surface area (Å²) in [6.07, 6.45) is -1.60. The van der Waals surface area contributed by atoms with Crippen LogP contribution in [0.2, 0.25) is 0 Å². The average molecular weight is 491 g/mol. The molecule has 3 aromatic rings. The monoisotopic (exact) mass is 490 g/mol. The summed E-state index contributed by atoms with van der Waals surface area (Å²) in [6.45, 7) is 4.95. The van der Waals surface area contributed by atoms with E-state index in [-0.39, 0.29) is 24.9 Å². The van der Waals surface area contributed by atoms with Crippen LogP contribution in [-0.2, 0) is 34.0 Å². The summed E-state index contributed by atoms with van der Waals surface area (Å²) in [6, 6.07) is 30.9. The Labute approximate surface area is 213 Å². The molecule has 1 unspecified atom stereocenters. The molecular weight excluding hydrogens is 456 g/mol. The zero-order chi connectivity index (χ0) is 25.0. The van der Waals surface area contributed by atoms with Gasteiger partial charge in [-0.15, -0.1) is 0 Å². The lowest BCUT2D eigenvalue weighted by Crippen LogP contribution is -2.42. The van der Waals surface area contributed by atoms with E-state index in [0.717, 1.165) is 16.7 Å². The molecule has 0 bridgehead atoms. The maximum absolute atomic E-state index is 6.98. The lowest BCUT2D eigenvalue weighted by Gasteiger charge is -2.37. The van der Waals surface area contributed by atoms with Gasteiger partial charge in [-0.2, -0.15) is 0 Å². The number of hydrogen-bond donors (Lipinski definition) is 0. The minimum absolute atomic E-state index is 0.274. The Bertz CT molecular complexity index is 992. The molecule has 0 radical (unpaired) electrons. The highest BCUT2D eigenvalue weighted by atomic mass is 16.8. The van der Waals surface area contributed by atoms with E-state index in [9.17, 15) is 0 Å². The zero-order valence-electron chi connectivity index (χ0n) is 21.0. The van der Waals surface area contributed by atoms with E-state index in [1.807, 2.05) is 68.4 Å². The Morgan fingerprint density at radius 3 is 1.78 bits per heavy atom. The van der Waals surface area contributed by atoms with Crippen molar-refractivity contribution >= 4 is 0 Å². The van der Waals surface area contributed by atoms with E-state index in [1.54, 1.807) is 7.11 Å². The molecule has 3 aromatic carbocycles. The van der Waals surface area contributed by atoms with Gasteiger partial charge in [0.2, 0.25) is 0 Å². The van der Waals surface area contributed by atoms with E-state index in [1.165, 1.54) is 0 Å². The Balaban J connectivity index is 1.49. The third kappa shape index (κ3) is 4.98. The van der Waals surface area contributed by atoms with Crippen molar-refractivity contribution in [1.29, 1.82) is 0 Å². The molecule has 0 aliphatic carbocycles. The molecule has 2 fully saturated rings. The number of methoxy groups -OCH3 is 1. The fourth-order valence-electron chi connectivity index (χ4n) is 5.13. The molecule has 2 aliphatic heterocycles. The number of fused-ring (bicyclic) bond motifs is 1. The van der Waals surface area contributed by atoms with Gasteiger partial charge in [0.1, 0.15) is 23.9 Å². The Morgan fingerprint density at radius 1 is 0.750 bits per heavy atom. The van der Waals surface area contributed by atoms with Gasteiger partial charge in [-0.25, -0.2) is 0 Å². The van der Waals surface area contributed by atoms with Crippen LogP contribution in [0.4, 0.5) is 0 Å². The molecule has 36 heavy (non-hydrogen) atoms. The number of rotatable bonds is 10. The molecule has 0 N–H and O–H groups in total. The number of ether oxygens (including phenoxy) is 6. The van der Waals surface area contributed by atoms with Gasteiger partial charge < -0.3 is 28.4 Å². The third-order valence-corrected chi connectivity index (χ3v) is 6.69. The van der Waals surface area contributed by atoms with Crippen molar-refractivity contribution < 1.29 is 28.4 Å². The lowest BCUT2D eigenvalue weighted by molar-refractivity contribution is -0.227. The zero-order valence-corrected chi connectivity index (χ0v) is 21.0. The maximum Gasteiger partial charge on any atom is 0.190 e. The smallest absolute Gasteiger partial charge is 0.190 e. The van der Waals surface area contributed by atoms with Gasteiger partial charge in [0, 0.05) is 7.11 Å². The quantitative estimate of drug-likeness (QED) is 0.298. The predicted octanol–water partition coefficient (Wildman–Crippen LogP) is 4.90. The third-order valence-electron chi connectivity index (χ3n) is 6.69. The van der Waals surface area contributed by atoms with Gasteiger partial charge in [-0.1, -0.05) is 91.0 Å². The molecule has 4 atom stereocenters. The van der Waals surface area contributed by atoms with E-state index in [0.29, 0.717) is 13.2 Å². The van der Waals surface area contributed by atoms with Gasteiger partial charge in [0.25, 0.3) is 0 Å². The van der Waals surface area contributed by atoms with Crippen LogP contribution in [0.25, 0.3) is 0 Å². The number of hydrogen-bond acceptors (Lipinski definition) is 6. The van der Waals surface area contributed by atoms with Crippen LogP contribution in [-0.4, -0.2) is 57.3 Å². The van der Waals surface area contributed by atoms with Crippen molar-refractivity contribution in [3.8, 4) is 0 Å².